The van der Waals surface area contributed by atoms with Crippen LogP contribution in [0.3, 0.4) is 0 Å². The van der Waals surface area contributed by atoms with Crippen LogP contribution >= 0.6 is 0 Å². The summed E-state index contributed by atoms with van der Waals surface area (Å²) in [6.07, 6.45) is 2.41. The molecule has 6 nitrogen and oxygen atoms in total. The molecular formula is C13H21N3O3. The molecule has 2 rings (SSSR count). The molecule has 1 fully saturated rings. The zero-order valence-corrected chi connectivity index (χ0v) is 11.3. The number of hydrogen-bond acceptors (Lipinski definition) is 5. The molecule has 1 aromatic heterocycles. The molecule has 0 amide bonds. The van der Waals surface area contributed by atoms with E-state index in [0.717, 1.165) is 26.2 Å². The van der Waals surface area contributed by atoms with E-state index in [-0.39, 0.29) is 5.88 Å². The largest absolute Gasteiger partial charge is 0.433 e. The van der Waals surface area contributed by atoms with Crippen LogP contribution in [0.15, 0.2) is 16.5 Å². The van der Waals surface area contributed by atoms with E-state index in [1.807, 2.05) is 0 Å². The third-order valence-corrected chi connectivity index (χ3v) is 3.63. The van der Waals surface area contributed by atoms with Gasteiger partial charge in [0.15, 0.2) is 0 Å². The molecule has 0 spiro atoms. The van der Waals surface area contributed by atoms with Gasteiger partial charge < -0.3 is 9.73 Å². The first-order chi connectivity index (χ1) is 9.19. The van der Waals surface area contributed by atoms with Crippen LogP contribution in [-0.4, -0.2) is 36.0 Å². The second kappa shape index (κ2) is 6.68. The van der Waals surface area contributed by atoms with Crippen LogP contribution in [0.5, 0.6) is 0 Å². The summed E-state index contributed by atoms with van der Waals surface area (Å²) in [6.45, 7) is 6.90. The van der Waals surface area contributed by atoms with Gasteiger partial charge >= 0.3 is 5.88 Å². The highest BCUT2D eigenvalue weighted by Crippen LogP contribution is 2.19. The molecule has 0 unspecified atom stereocenters. The van der Waals surface area contributed by atoms with E-state index in [9.17, 15) is 10.1 Å². The van der Waals surface area contributed by atoms with Gasteiger partial charge in [-0.2, -0.15) is 0 Å². The molecule has 19 heavy (non-hydrogen) atoms. The Morgan fingerprint density at radius 1 is 1.47 bits per heavy atom. The molecule has 6 heteroatoms. The van der Waals surface area contributed by atoms with Crippen LogP contribution in [-0.2, 0) is 6.54 Å². The predicted molar refractivity (Wildman–Crippen MR) is 71.9 cm³/mol. The Morgan fingerprint density at radius 2 is 2.21 bits per heavy atom. The van der Waals surface area contributed by atoms with Gasteiger partial charge in [-0.25, -0.2) is 0 Å². The predicted octanol–water partition coefficient (Wildman–Crippen LogP) is 2.01. The van der Waals surface area contributed by atoms with E-state index < -0.39 is 4.92 Å². The van der Waals surface area contributed by atoms with Crippen molar-refractivity contribution in [3.8, 4) is 0 Å². The zero-order valence-electron chi connectivity index (χ0n) is 11.3. The molecule has 106 valence electrons. The molecule has 1 aliphatic rings. The van der Waals surface area contributed by atoms with Crippen molar-refractivity contribution >= 4 is 5.88 Å². The Balaban J connectivity index is 1.88. The number of rotatable bonds is 6. The average Bonchev–Trinajstić information content (AvgIpc) is 2.88. The first-order valence-corrected chi connectivity index (χ1v) is 6.85. The van der Waals surface area contributed by atoms with Crippen molar-refractivity contribution in [3.05, 3.63) is 28.0 Å². The summed E-state index contributed by atoms with van der Waals surface area (Å²) >= 11 is 0. The summed E-state index contributed by atoms with van der Waals surface area (Å²) in [7, 11) is 0. The molecule has 0 aliphatic carbocycles. The van der Waals surface area contributed by atoms with Crippen molar-refractivity contribution in [1.29, 1.82) is 0 Å². The fourth-order valence-electron chi connectivity index (χ4n) is 2.50. The Bertz CT molecular complexity index is 413. The molecular weight excluding hydrogens is 246 g/mol. The van der Waals surface area contributed by atoms with Gasteiger partial charge in [0.1, 0.15) is 10.7 Å². The summed E-state index contributed by atoms with van der Waals surface area (Å²) in [5.41, 5.74) is 0. The summed E-state index contributed by atoms with van der Waals surface area (Å²) in [5, 5.41) is 13.9. The monoisotopic (exact) mass is 267 g/mol. The molecule has 0 atom stereocenters. The minimum Gasteiger partial charge on any atom is -0.404 e. The maximum Gasteiger partial charge on any atom is 0.433 e. The molecule has 0 radical (unpaired) electrons. The number of hydrogen-bond donors (Lipinski definition) is 1. The number of nitro groups is 1. The van der Waals surface area contributed by atoms with E-state index in [4.69, 9.17) is 4.42 Å². The summed E-state index contributed by atoms with van der Waals surface area (Å²) in [5.74, 6) is 1.21. The van der Waals surface area contributed by atoms with Gasteiger partial charge in [-0.3, -0.25) is 15.0 Å². The lowest BCUT2D eigenvalue weighted by molar-refractivity contribution is -0.402. The van der Waals surface area contributed by atoms with Crippen molar-refractivity contribution in [2.75, 3.05) is 26.2 Å². The lowest BCUT2D eigenvalue weighted by atomic mass is 9.97. The Morgan fingerprint density at radius 3 is 2.79 bits per heavy atom. The molecule has 0 saturated carbocycles. The Hall–Kier alpha value is -1.40. The number of nitrogens with zero attached hydrogens (tertiary/aromatic N) is 2. The topological polar surface area (TPSA) is 71.5 Å². The molecule has 2 heterocycles. The van der Waals surface area contributed by atoms with Crippen molar-refractivity contribution < 1.29 is 9.34 Å². The van der Waals surface area contributed by atoms with E-state index in [1.54, 1.807) is 6.07 Å². The normalized spacial score (nSPS) is 16.9. The highest BCUT2D eigenvalue weighted by atomic mass is 16.6. The smallest absolute Gasteiger partial charge is 0.404 e. The van der Waals surface area contributed by atoms with Crippen LogP contribution in [0, 0.1) is 16.0 Å². The van der Waals surface area contributed by atoms with Crippen molar-refractivity contribution in [2.45, 2.75) is 26.3 Å². The van der Waals surface area contributed by atoms with Gasteiger partial charge in [0.05, 0.1) is 12.6 Å². The standard InChI is InChI=1S/C13H21N3O3/c1-2-15(9-11-5-7-14-8-6-11)10-12-3-4-13(19-12)16(17)18/h3-4,11,14H,2,5-10H2,1H3. The van der Waals surface area contributed by atoms with Gasteiger partial charge in [-0.1, -0.05) is 6.92 Å². The first kappa shape index (κ1) is 14.0. The van der Waals surface area contributed by atoms with E-state index in [0.29, 0.717) is 18.2 Å². The maximum atomic E-state index is 10.6. The van der Waals surface area contributed by atoms with Crippen LogP contribution in [0.1, 0.15) is 25.5 Å². The highest BCUT2D eigenvalue weighted by Gasteiger charge is 2.18. The summed E-state index contributed by atoms with van der Waals surface area (Å²) in [6, 6.07) is 3.12. The minimum atomic E-state index is -0.493. The Labute approximate surface area is 112 Å². The van der Waals surface area contributed by atoms with E-state index in [1.165, 1.54) is 18.9 Å². The lowest BCUT2D eigenvalue weighted by Gasteiger charge is -2.28. The first-order valence-electron chi connectivity index (χ1n) is 6.85. The summed E-state index contributed by atoms with van der Waals surface area (Å²) in [4.78, 5) is 12.4. The fourth-order valence-corrected chi connectivity index (χ4v) is 2.50. The molecule has 1 aromatic rings. The van der Waals surface area contributed by atoms with E-state index in [2.05, 4.69) is 17.1 Å². The minimum absolute atomic E-state index is 0.173. The van der Waals surface area contributed by atoms with Crippen LogP contribution in [0.25, 0.3) is 0 Å². The molecule has 0 bridgehead atoms. The number of piperidine rings is 1. The molecule has 0 aromatic carbocycles. The highest BCUT2D eigenvalue weighted by molar-refractivity contribution is 5.17. The summed E-state index contributed by atoms with van der Waals surface area (Å²) < 4.78 is 5.21. The van der Waals surface area contributed by atoms with Crippen LogP contribution in [0.4, 0.5) is 5.88 Å². The van der Waals surface area contributed by atoms with E-state index >= 15 is 0 Å². The molecule has 1 N–H and O–H groups in total. The van der Waals surface area contributed by atoms with Gasteiger partial charge in [-0.15, -0.1) is 0 Å². The van der Waals surface area contributed by atoms with Crippen LogP contribution < -0.4 is 5.32 Å². The third-order valence-electron chi connectivity index (χ3n) is 3.63. The second-order valence-corrected chi connectivity index (χ2v) is 5.02. The SMILES string of the molecule is CCN(Cc1ccc([N+](=O)[O-])o1)CC1CCNCC1. The van der Waals surface area contributed by atoms with Crippen LogP contribution in [0.2, 0.25) is 0 Å². The van der Waals surface area contributed by atoms with Crippen molar-refractivity contribution in [1.82, 2.24) is 10.2 Å². The van der Waals surface area contributed by atoms with Gasteiger partial charge in [0, 0.05) is 6.54 Å². The maximum absolute atomic E-state index is 10.6. The quantitative estimate of drug-likeness (QED) is 0.630. The average molecular weight is 267 g/mol. The fraction of sp³-hybridized carbons (Fsp3) is 0.692. The van der Waals surface area contributed by atoms with Crippen molar-refractivity contribution in [3.63, 3.8) is 0 Å². The van der Waals surface area contributed by atoms with Crippen molar-refractivity contribution in [2.24, 2.45) is 5.92 Å². The zero-order chi connectivity index (χ0) is 13.7. The Kier molecular flexibility index (Phi) is 4.93. The number of nitrogens with one attached hydrogen (secondary N) is 1. The second-order valence-electron chi connectivity index (χ2n) is 5.02. The van der Waals surface area contributed by atoms with Gasteiger partial charge in [-0.05, 0) is 44.5 Å². The third kappa shape index (κ3) is 4.04. The van der Waals surface area contributed by atoms with Gasteiger partial charge in [0.2, 0.25) is 0 Å². The lowest BCUT2D eigenvalue weighted by Crippen LogP contribution is -2.35. The number of furan rings is 1. The molecule has 1 saturated heterocycles. The van der Waals surface area contributed by atoms with Gasteiger partial charge in [0.25, 0.3) is 0 Å². The molecule has 1 aliphatic heterocycles.